The summed E-state index contributed by atoms with van der Waals surface area (Å²) >= 11 is 0. The molecule has 0 saturated heterocycles. The third-order valence-corrected chi connectivity index (χ3v) is 0.326. The van der Waals surface area contributed by atoms with Crippen LogP contribution in [-0.4, -0.2) is 22.8 Å². The zero-order valence-electron chi connectivity index (χ0n) is 5.22. The predicted octanol–water partition coefficient (Wildman–Crippen LogP) is -3.43. The van der Waals surface area contributed by atoms with Crippen LogP contribution in [0.25, 0.3) is 0 Å². The molecule has 0 aliphatic heterocycles. The van der Waals surface area contributed by atoms with Gasteiger partial charge in [-0.3, -0.25) is 4.79 Å². The number of carboxylic acid groups (broad SMARTS) is 1. The average molecular weight is 114 g/mol. The molecule has 0 saturated carbocycles. The van der Waals surface area contributed by atoms with Crippen LogP contribution in [0.2, 0.25) is 0 Å². The van der Waals surface area contributed by atoms with Gasteiger partial charge in [-0.2, -0.15) is 0 Å². The van der Waals surface area contributed by atoms with Crippen molar-refractivity contribution >= 4 is 5.97 Å². The van der Waals surface area contributed by atoms with E-state index >= 15 is 0 Å². The van der Waals surface area contributed by atoms with Crippen molar-refractivity contribution in [2.45, 2.75) is 6.42 Å². The molecule has 0 spiro atoms. The summed E-state index contributed by atoms with van der Waals surface area (Å²) in [5, 5.41) is 15.6. The van der Waals surface area contributed by atoms with Crippen molar-refractivity contribution < 1.29 is 46.0 Å². The van der Waals surface area contributed by atoms with E-state index in [0.29, 0.717) is 0 Å². The van der Waals surface area contributed by atoms with E-state index in [9.17, 15) is 4.79 Å². The van der Waals surface area contributed by atoms with E-state index in [1.807, 2.05) is 0 Å². The van der Waals surface area contributed by atoms with Gasteiger partial charge in [0.15, 0.2) is 0 Å². The molecule has 7 heavy (non-hydrogen) atoms. The van der Waals surface area contributed by atoms with Crippen molar-refractivity contribution in [2.24, 2.45) is 0 Å². The molecule has 0 atom stereocenters. The summed E-state index contributed by atoms with van der Waals surface area (Å²) in [5.74, 6) is -0.961. The molecule has 0 aromatic rings. The second-order valence-electron chi connectivity index (χ2n) is 0.867. The summed E-state index contributed by atoms with van der Waals surface area (Å²) in [6.07, 6.45) is -0.153. The molecule has 0 aliphatic carbocycles. The molecule has 0 amide bonds. The fourth-order valence-electron chi connectivity index (χ4n) is 0.0956. The Morgan fingerprint density at radius 2 is 2.14 bits per heavy atom. The van der Waals surface area contributed by atoms with Gasteiger partial charge in [0.1, 0.15) is 0 Å². The van der Waals surface area contributed by atoms with E-state index in [-0.39, 0.29) is 44.0 Å². The first-order valence-electron chi connectivity index (χ1n) is 1.60. The summed E-state index contributed by atoms with van der Waals surface area (Å²) < 4.78 is 0. The maximum Gasteiger partial charge on any atom is 1.00 e. The van der Waals surface area contributed by atoms with Gasteiger partial charge in [-0.15, -0.1) is 0 Å². The minimum absolute atomic E-state index is 0. The van der Waals surface area contributed by atoms with Crippen LogP contribution in [0.1, 0.15) is 7.85 Å². The number of rotatable bonds is 2. The number of hydrogen-bond acceptors (Lipinski definition) is 2. The average Bonchev–Trinajstić information content (AvgIpc) is 1.35. The Hall–Kier alpha value is 0.430. The third-order valence-electron chi connectivity index (χ3n) is 0.326. The molecule has 0 rings (SSSR count). The summed E-state index contributed by atoms with van der Waals surface area (Å²) in [6.45, 7) is -0.269. The second kappa shape index (κ2) is 6.43. The standard InChI is InChI=1S/C3H6O3.Na.H/c4-2-1-3(5)6;;/h4H,1-2H2,(H,5,6);;/q;+1;-1. The molecule has 3 nitrogen and oxygen atoms in total. The Labute approximate surface area is 65.1 Å². The van der Waals surface area contributed by atoms with Gasteiger partial charge in [0, 0.05) is 0 Å². The number of carboxylic acids is 1. The minimum atomic E-state index is -0.961. The predicted molar refractivity (Wildman–Crippen MR) is 20.5 cm³/mol. The Kier molecular flexibility index (Phi) is 9.57. The van der Waals surface area contributed by atoms with Crippen molar-refractivity contribution in [1.82, 2.24) is 0 Å². The first kappa shape index (κ1) is 10.4. The molecule has 0 aromatic heterocycles. The number of aliphatic hydroxyl groups excluding tert-OH is 1. The fourth-order valence-corrected chi connectivity index (χ4v) is 0.0956. The maximum atomic E-state index is 9.44. The van der Waals surface area contributed by atoms with E-state index in [2.05, 4.69) is 0 Å². The molecular formula is C3H7NaO3. The Bertz CT molecular complexity index is 58.5. The van der Waals surface area contributed by atoms with Gasteiger partial charge >= 0.3 is 35.5 Å². The molecule has 0 heterocycles. The van der Waals surface area contributed by atoms with Gasteiger partial charge in [-0.1, -0.05) is 0 Å². The van der Waals surface area contributed by atoms with Crippen LogP contribution < -0.4 is 29.6 Å². The van der Waals surface area contributed by atoms with Crippen molar-refractivity contribution in [3.05, 3.63) is 0 Å². The Balaban J connectivity index is -0.000000125. The molecule has 0 bridgehead atoms. The van der Waals surface area contributed by atoms with Crippen LogP contribution in [-0.2, 0) is 4.79 Å². The zero-order valence-corrected chi connectivity index (χ0v) is 6.22. The quantitative estimate of drug-likeness (QED) is 0.367. The monoisotopic (exact) mass is 114 g/mol. The van der Waals surface area contributed by atoms with Crippen LogP contribution >= 0.6 is 0 Å². The van der Waals surface area contributed by atoms with Crippen LogP contribution in [0.15, 0.2) is 0 Å². The van der Waals surface area contributed by atoms with Crippen molar-refractivity contribution in [3.63, 3.8) is 0 Å². The summed E-state index contributed by atoms with van der Waals surface area (Å²) in [6, 6.07) is 0. The van der Waals surface area contributed by atoms with E-state index in [1.165, 1.54) is 0 Å². The Morgan fingerprint density at radius 1 is 1.71 bits per heavy atom. The first-order chi connectivity index (χ1) is 2.77. The van der Waals surface area contributed by atoms with E-state index in [4.69, 9.17) is 10.2 Å². The van der Waals surface area contributed by atoms with Crippen molar-refractivity contribution in [2.75, 3.05) is 6.61 Å². The molecule has 0 aliphatic rings. The maximum absolute atomic E-state index is 9.44. The molecular weight excluding hydrogens is 107 g/mol. The summed E-state index contributed by atoms with van der Waals surface area (Å²) in [7, 11) is 0. The molecule has 0 unspecified atom stereocenters. The zero-order chi connectivity index (χ0) is 4.99. The number of aliphatic carboxylic acids is 1. The number of hydrogen-bond donors (Lipinski definition) is 2. The smallest absolute Gasteiger partial charge is 1.00 e. The van der Waals surface area contributed by atoms with Crippen LogP contribution in [0.4, 0.5) is 0 Å². The normalized spacial score (nSPS) is 7.00. The van der Waals surface area contributed by atoms with Crippen LogP contribution in [0, 0.1) is 0 Å². The van der Waals surface area contributed by atoms with E-state index in [1.54, 1.807) is 0 Å². The number of carbonyl (C=O) groups is 1. The fraction of sp³-hybridized carbons (Fsp3) is 0.667. The molecule has 0 fully saturated rings. The van der Waals surface area contributed by atoms with Crippen molar-refractivity contribution in [3.8, 4) is 0 Å². The molecule has 38 valence electrons. The minimum Gasteiger partial charge on any atom is -1.00 e. The largest absolute Gasteiger partial charge is 1.00 e. The van der Waals surface area contributed by atoms with Gasteiger partial charge < -0.3 is 11.6 Å². The summed E-state index contributed by atoms with van der Waals surface area (Å²) in [5.41, 5.74) is 0. The van der Waals surface area contributed by atoms with E-state index in [0.717, 1.165) is 0 Å². The molecule has 0 radical (unpaired) electrons. The van der Waals surface area contributed by atoms with Gasteiger partial charge in [-0.05, 0) is 0 Å². The molecule has 4 heteroatoms. The number of aliphatic hydroxyl groups is 1. The third kappa shape index (κ3) is 10.7. The van der Waals surface area contributed by atoms with Gasteiger partial charge in [0.05, 0.1) is 13.0 Å². The van der Waals surface area contributed by atoms with Crippen LogP contribution in [0.3, 0.4) is 0 Å². The van der Waals surface area contributed by atoms with Gasteiger partial charge in [-0.25, -0.2) is 0 Å². The van der Waals surface area contributed by atoms with Crippen molar-refractivity contribution in [1.29, 1.82) is 0 Å². The Morgan fingerprint density at radius 3 is 2.14 bits per heavy atom. The van der Waals surface area contributed by atoms with Crippen LogP contribution in [0.5, 0.6) is 0 Å². The molecule has 2 N–H and O–H groups in total. The van der Waals surface area contributed by atoms with Gasteiger partial charge in [0.25, 0.3) is 0 Å². The topological polar surface area (TPSA) is 57.5 Å². The first-order valence-corrected chi connectivity index (χ1v) is 1.60. The van der Waals surface area contributed by atoms with E-state index < -0.39 is 5.97 Å². The SMILES string of the molecule is O=C(O)CCO.[H-].[Na+]. The second-order valence-corrected chi connectivity index (χ2v) is 0.867. The van der Waals surface area contributed by atoms with Gasteiger partial charge in [0.2, 0.25) is 0 Å². The summed E-state index contributed by atoms with van der Waals surface area (Å²) in [4.78, 5) is 9.44. The molecule has 0 aromatic carbocycles.